The zero-order valence-electron chi connectivity index (χ0n) is 14.0. The highest BCUT2D eigenvalue weighted by Crippen LogP contribution is 2.11. The lowest BCUT2D eigenvalue weighted by molar-refractivity contribution is 0.308. The molecule has 0 fully saturated rings. The second kappa shape index (κ2) is 12.1. The molecule has 0 saturated carbocycles. The van der Waals surface area contributed by atoms with Crippen LogP contribution in [0.4, 0.5) is 0 Å². The number of nitrogens with two attached hydrogens (primary N) is 1. The summed E-state index contributed by atoms with van der Waals surface area (Å²) in [5.41, 5.74) is 7.09. The van der Waals surface area contributed by atoms with Gasteiger partial charge in [-0.3, -0.25) is 4.99 Å². The molecule has 0 atom stereocenters. The summed E-state index contributed by atoms with van der Waals surface area (Å²) in [6.07, 6.45) is 2.93. The fraction of sp³-hybridized carbons (Fsp3) is 0.389. The highest BCUT2D eigenvalue weighted by atomic mass is 127. The molecular formula is C18H26IN3OS. The second-order valence-corrected chi connectivity index (χ2v) is 6.42. The molecule has 0 aliphatic carbocycles. The molecule has 0 bridgehead atoms. The lowest BCUT2D eigenvalue weighted by atomic mass is 10.2. The van der Waals surface area contributed by atoms with Gasteiger partial charge in [-0.05, 0) is 49.8 Å². The van der Waals surface area contributed by atoms with Gasteiger partial charge < -0.3 is 15.8 Å². The van der Waals surface area contributed by atoms with Crippen molar-refractivity contribution in [1.82, 2.24) is 5.32 Å². The Hall–Kier alpha value is -1.28. The standard InChI is InChI=1S/C18H25N3OS.HI/c1-15-6-8-16(9-7-15)22-13-3-2-11-20-18(19)21-12-10-17-5-4-14-23-17;/h4-9,14H,2-3,10-13H2,1H3,(H3,19,20,21);1H. The van der Waals surface area contributed by atoms with E-state index in [-0.39, 0.29) is 24.0 Å². The van der Waals surface area contributed by atoms with E-state index >= 15 is 0 Å². The minimum Gasteiger partial charge on any atom is -0.494 e. The van der Waals surface area contributed by atoms with E-state index in [0.29, 0.717) is 12.6 Å². The Kier molecular flexibility index (Phi) is 10.5. The minimum atomic E-state index is 0. The van der Waals surface area contributed by atoms with Gasteiger partial charge in [-0.25, -0.2) is 0 Å². The van der Waals surface area contributed by atoms with Gasteiger partial charge in [-0.1, -0.05) is 23.8 Å². The average molecular weight is 459 g/mol. The van der Waals surface area contributed by atoms with Crippen LogP contribution in [-0.2, 0) is 6.42 Å². The molecule has 3 N–H and O–H groups in total. The molecular weight excluding hydrogens is 433 g/mol. The van der Waals surface area contributed by atoms with Crippen molar-refractivity contribution in [3.05, 3.63) is 52.2 Å². The van der Waals surface area contributed by atoms with E-state index in [1.165, 1.54) is 10.4 Å². The molecule has 1 aromatic heterocycles. The first kappa shape index (κ1) is 20.8. The van der Waals surface area contributed by atoms with E-state index in [0.717, 1.165) is 38.1 Å². The van der Waals surface area contributed by atoms with Crippen molar-refractivity contribution in [2.75, 3.05) is 19.7 Å². The van der Waals surface area contributed by atoms with Gasteiger partial charge in [0.2, 0.25) is 0 Å². The van der Waals surface area contributed by atoms with Crippen LogP contribution in [0.15, 0.2) is 46.8 Å². The van der Waals surface area contributed by atoms with Crippen LogP contribution < -0.4 is 15.8 Å². The Morgan fingerprint density at radius 1 is 1.21 bits per heavy atom. The van der Waals surface area contributed by atoms with Gasteiger partial charge in [0, 0.05) is 18.0 Å². The number of aryl methyl sites for hydroxylation is 1. The molecule has 2 aromatic rings. The van der Waals surface area contributed by atoms with Crippen LogP contribution >= 0.6 is 35.3 Å². The number of hydrogen-bond acceptors (Lipinski definition) is 3. The summed E-state index contributed by atoms with van der Waals surface area (Å²) in [4.78, 5) is 5.69. The molecule has 0 saturated heterocycles. The number of aliphatic imine (C=N–C) groups is 1. The minimum absolute atomic E-state index is 0. The first-order chi connectivity index (χ1) is 11.2. The molecule has 0 unspecified atom stereocenters. The van der Waals surface area contributed by atoms with E-state index in [4.69, 9.17) is 10.5 Å². The average Bonchev–Trinajstić information content (AvgIpc) is 3.06. The van der Waals surface area contributed by atoms with Gasteiger partial charge in [-0.15, -0.1) is 35.3 Å². The van der Waals surface area contributed by atoms with Crippen LogP contribution in [0, 0.1) is 6.92 Å². The van der Waals surface area contributed by atoms with Crippen LogP contribution in [0.1, 0.15) is 23.3 Å². The fourth-order valence-corrected chi connectivity index (χ4v) is 2.77. The molecule has 0 spiro atoms. The molecule has 1 heterocycles. The Morgan fingerprint density at radius 2 is 2.00 bits per heavy atom. The largest absolute Gasteiger partial charge is 0.494 e. The maximum absolute atomic E-state index is 5.84. The van der Waals surface area contributed by atoms with Gasteiger partial charge in [0.05, 0.1) is 6.61 Å². The summed E-state index contributed by atoms with van der Waals surface area (Å²) in [6.45, 7) is 4.34. The highest BCUT2D eigenvalue weighted by Gasteiger charge is 1.96. The van der Waals surface area contributed by atoms with E-state index in [2.05, 4.69) is 46.9 Å². The van der Waals surface area contributed by atoms with Crippen LogP contribution in [0.5, 0.6) is 5.75 Å². The van der Waals surface area contributed by atoms with Crippen LogP contribution in [0.25, 0.3) is 0 Å². The molecule has 1 aromatic carbocycles. The van der Waals surface area contributed by atoms with E-state index in [9.17, 15) is 0 Å². The zero-order valence-corrected chi connectivity index (χ0v) is 17.2. The van der Waals surface area contributed by atoms with Gasteiger partial charge in [-0.2, -0.15) is 0 Å². The molecule has 24 heavy (non-hydrogen) atoms. The Morgan fingerprint density at radius 3 is 2.71 bits per heavy atom. The van der Waals surface area contributed by atoms with Gasteiger partial charge in [0.15, 0.2) is 5.96 Å². The SMILES string of the molecule is Cc1ccc(OCCCCN=C(N)NCCc2cccs2)cc1.I. The van der Waals surface area contributed by atoms with Crippen LogP contribution in [-0.4, -0.2) is 25.7 Å². The van der Waals surface area contributed by atoms with Crippen molar-refractivity contribution in [2.24, 2.45) is 10.7 Å². The first-order valence-electron chi connectivity index (χ1n) is 7.99. The van der Waals surface area contributed by atoms with Gasteiger partial charge in [0.25, 0.3) is 0 Å². The quantitative estimate of drug-likeness (QED) is 0.258. The molecule has 0 aliphatic rings. The summed E-state index contributed by atoms with van der Waals surface area (Å²) >= 11 is 1.77. The number of nitrogens with zero attached hydrogens (tertiary/aromatic N) is 1. The smallest absolute Gasteiger partial charge is 0.188 e. The monoisotopic (exact) mass is 459 g/mol. The Balaban J connectivity index is 0.00000288. The normalized spacial score (nSPS) is 11.0. The third kappa shape index (κ3) is 8.54. The maximum atomic E-state index is 5.84. The number of nitrogens with one attached hydrogen (secondary N) is 1. The fourth-order valence-electron chi connectivity index (χ4n) is 2.06. The van der Waals surface area contributed by atoms with Crippen molar-refractivity contribution in [2.45, 2.75) is 26.2 Å². The van der Waals surface area contributed by atoms with Crippen molar-refractivity contribution >= 4 is 41.3 Å². The number of thiophene rings is 1. The highest BCUT2D eigenvalue weighted by molar-refractivity contribution is 14.0. The van der Waals surface area contributed by atoms with Gasteiger partial charge >= 0.3 is 0 Å². The third-order valence-electron chi connectivity index (χ3n) is 3.38. The second-order valence-electron chi connectivity index (χ2n) is 5.39. The molecule has 0 amide bonds. The van der Waals surface area contributed by atoms with Crippen molar-refractivity contribution < 1.29 is 4.74 Å². The van der Waals surface area contributed by atoms with E-state index in [1.54, 1.807) is 11.3 Å². The number of halogens is 1. The van der Waals surface area contributed by atoms with E-state index in [1.807, 2.05) is 12.1 Å². The van der Waals surface area contributed by atoms with Crippen molar-refractivity contribution in [1.29, 1.82) is 0 Å². The maximum Gasteiger partial charge on any atom is 0.188 e. The Bertz CT molecular complexity index is 585. The lowest BCUT2D eigenvalue weighted by Gasteiger charge is -2.06. The molecule has 0 radical (unpaired) electrons. The lowest BCUT2D eigenvalue weighted by Crippen LogP contribution is -2.33. The van der Waals surface area contributed by atoms with Crippen molar-refractivity contribution in [3.8, 4) is 5.75 Å². The van der Waals surface area contributed by atoms with Crippen molar-refractivity contribution in [3.63, 3.8) is 0 Å². The number of guanidine groups is 1. The van der Waals surface area contributed by atoms with Crippen LogP contribution in [0.2, 0.25) is 0 Å². The molecule has 0 aliphatic heterocycles. The number of unbranched alkanes of at least 4 members (excludes halogenated alkanes) is 1. The predicted molar refractivity (Wildman–Crippen MR) is 114 cm³/mol. The summed E-state index contributed by atoms with van der Waals surface area (Å²) in [5.74, 6) is 1.45. The molecule has 6 heteroatoms. The first-order valence-corrected chi connectivity index (χ1v) is 8.87. The summed E-state index contributed by atoms with van der Waals surface area (Å²) in [7, 11) is 0. The third-order valence-corrected chi connectivity index (χ3v) is 4.32. The molecule has 2 rings (SSSR count). The number of hydrogen-bond donors (Lipinski definition) is 2. The molecule has 4 nitrogen and oxygen atoms in total. The summed E-state index contributed by atoms with van der Waals surface area (Å²) < 4.78 is 5.68. The number of benzene rings is 1. The van der Waals surface area contributed by atoms with E-state index < -0.39 is 0 Å². The summed E-state index contributed by atoms with van der Waals surface area (Å²) in [6, 6.07) is 12.3. The number of rotatable bonds is 9. The zero-order chi connectivity index (χ0) is 16.3. The van der Waals surface area contributed by atoms with Crippen LogP contribution in [0.3, 0.4) is 0 Å². The van der Waals surface area contributed by atoms with Gasteiger partial charge in [0.1, 0.15) is 5.75 Å². The molecule has 132 valence electrons. The Labute approximate surface area is 165 Å². The predicted octanol–water partition coefficient (Wildman–Crippen LogP) is 3.98. The topological polar surface area (TPSA) is 59.6 Å². The number of ether oxygens (including phenoxy) is 1. The summed E-state index contributed by atoms with van der Waals surface area (Å²) in [5, 5.41) is 5.23.